The van der Waals surface area contributed by atoms with Gasteiger partial charge in [0, 0.05) is 34.7 Å². The van der Waals surface area contributed by atoms with E-state index in [2.05, 4.69) is 15.0 Å². The summed E-state index contributed by atoms with van der Waals surface area (Å²) < 4.78 is 27.2. The Bertz CT molecular complexity index is 1760. The molecule has 4 heterocycles. The number of rotatable bonds is 10. The van der Waals surface area contributed by atoms with Gasteiger partial charge in [-0.3, -0.25) is 4.90 Å². The van der Waals surface area contributed by atoms with Gasteiger partial charge in [-0.2, -0.15) is 4.98 Å². The number of ether oxygens (including phenoxy) is 1. The lowest BCUT2D eigenvalue weighted by atomic mass is 9.93. The number of nitrogens with zero attached hydrogens (tertiary/aromatic N) is 6. The fourth-order valence-corrected chi connectivity index (χ4v) is 5.52. The molecule has 0 atom stereocenters. The molecule has 3 aromatic heterocycles. The van der Waals surface area contributed by atoms with Crippen molar-refractivity contribution in [3.05, 3.63) is 99.8 Å². The Labute approximate surface area is 252 Å². The molecule has 0 saturated carbocycles. The second-order valence-electron chi connectivity index (χ2n) is 10.6. The van der Waals surface area contributed by atoms with Gasteiger partial charge < -0.3 is 18.9 Å². The van der Waals surface area contributed by atoms with E-state index in [0.717, 1.165) is 37.4 Å². The number of likely N-dealkylation sites (tertiary alicyclic amines) is 1. The first kappa shape index (κ1) is 28.8. The largest absolute Gasteiger partial charge is 0.478 e. The summed E-state index contributed by atoms with van der Waals surface area (Å²) in [6.45, 7) is 4.59. The maximum atomic E-state index is 14.1. The number of aromatic carboxylic acids is 1. The highest BCUT2D eigenvalue weighted by Crippen LogP contribution is 2.30. The third-order valence-electron chi connectivity index (χ3n) is 7.69. The van der Waals surface area contributed by atoms with Crippen molar-refractivity contribution in [3.8, 4) is 5.88 Å². The third kappa shape index (κ3) is 6.52. The van der Waals surface area contributed by atoms with Gasteiger partial charge in [0.1, 0.15) is 18.2 Å². The molecule has 5 aromatic rings. The van der Waals surface area contributed by atoms with Gasteiger partial charge in [-0.05, 0) is 62.3 Å². The van der Waals surface area contributed by atoms with E-state index in [1.165, 1.54) is 6.07 Å². The summed E-state index contributed by atoms with van der Waals surface area (Å²) in [6, 6.07) is 15.2. The predicted octanol–water partition coefficient (Wildman–Crippen LogP) is 5.87. The number of pyridine rings is 1. The molecule has 222 valence electrons. The highest BCUT2D eigenvalue weighted by atomic mass is 35.5. The van der Waals surface area contributed by atoms with Crippen LogP contribution < -0.4 is 4.74 Å². The number of carbonyl (C=O) groups is 1. The molecule has 0 radical (unpaired) electrons. The summed E-state index contributed by atoms with van der Waals surface area (Å²) in [6.07, 6.45) is 2.43. The summed E-state index contributed by atoms with van der Waals surface area (Å²) in [5.74, 6) is 1.19. The van der Waals surface area contributed by atoms with Crippen LogP contribution in [0, 0.1) is 5.82 Å². The van der Waals surface area contributed by atoms with Crippen molar-refractivity contribution in [1.82, 2.24) is 29.6 Å². The number of piperidine rings is 1. The smallest absolute Gasteiger partial charge is 0.335 e. The standard InChI is InChI=1S/C31H30ClFN6O4/c1-2-29-36-27(37-43-29)16-39-26-14-20(31(40)41)7-9-25(26)34-28(39)17-38-12-10-19(11-13-38)24-4-3-5-30(35-24)42-18-21-6-8-22(32)15-23(21)33/h3-9,14-15,19H,2,10-13,16-18H2,1H3,(H,40,41). The summed E-state index contributed by atoms with van der Waals surface area (Å²) in [5.41, 5.74) is 2.99. The molecule has 0 aliphatic carbocycles. The monoisotopic (exact) mass is 604 g/mol. The Balaban J connectivity index is 1.14. The first-order valence-corrected chi connectivity index (χ1v) is 14.5. The van der Waals surface area contributed by atoms with E-state index in [1.54, 1.807) is 36.4 Å². The number of benzene rings is 2. The fraction of sp³-hybridized carbons (Fsp3) is 0.323. The maximum absolute atomic E-state index is 14.1. The summed E-state index contributed by atoms with van der Waals surface area (Å²) >= 11 is 5.85. The number of hydrogen-bond acceptors (Lipinski definition) is 8. The van der Waals surface area contributed by atoms with Crippen LogP contribution in [0.15, 0.2) is 59.1 Å². The highest BCUT2D eigenvalue weighted by molar-refractivity contribution is 6.30. The van der Waals surface area contributed by atoms with Crippen molar-refractivity contribution in [2.45, 2.75) is 51.8 Å². The van der Waals surface area contributed by atoms with Crippen molar-refractivity contribution in [3.63, 3.8) is 0 Å². The molecule has 0 amide bonds. The number of hydrogen-bond donors (Lipinski definition) is 1. The number of carboxylic acids is 1. The third-order valence-corrected chi connectivity index (χ3v) is 7.93. The fourth-order valence-electron chi connectivity index (χ4n) is 5.36. The van der Waals surface area contributed by atoms with Crippen LogP contribution in [-0.4, -0.2) is 53.7 Å². The molecule has 0 unspecified atom stereocenters. The van der Waals surface area contributed by atoms with Gasteiger partial charge in [0.05, 0.1) is 29.7 Å². The molecule has 1 aliphatic heterocycles. The molecule has 12 heteroatoms. The first-order valence-electron chi connectivity index (χ1n) is 14.2. The lowest BCUT2D eigenvalue weighted by molar-refractivity contribution is 0.0697. The van der Waals surface area contributed by atoms with Crippen molar-refractivity contribution in [2.75, 3.05) is 13.1 Å². The molecule has 43 heavy (non-hydrogen) atoms. The average Bonchev–Trinajstić information content (AvgIpc) is 3.61. The number of carboxylic acid groups (broad SMARTS) is 1. The molecule has 1 fully saturated rings. The molecule has 1 saturated heterocycles. The Morgan fingerprint density at radius 2 is 1.93 bits per heavy atom. The van der Waals surface area contributed by atoms with Crippen LogP contribution in [0.3, 0.4) is 0 Å². The number of aryl methyl sites for hydroxylation is 1. The van der Waals surface area contributed by atoms with Crippen LogP contribution >= 0.6 is 11.6 Å². The number of fused-ring (bicyclic) bond motifs is 1. The Hall–Kier alpha value is -4.35. The Morgan fingerprint density at radius 3 is 2.67 bits per heavy atom. The molecule has 0 bridgehead atoms. The zero-order chi connectivity index (χ0) is 29.9. The summed E-state index contributed by atoms with van der Waals surface area (Å²) in [4.78, 5) is 28.0. The molecular weight excluding hydrogens is 575 g/mol. The second-order valence-corrected chi connectivity index (χ2v) is 11.0. The van der Waals surface area contributed by atoms with E-state index in [-0.39, 0.29) is 18.1 Å². The number of imidazole rings is 1. The lowest BCUT2D eigenvalue weighted by Crippen LogP contribution is -2.33. The molecular formula is C31H30ClFN6O4. The number of aromatic nitrogens is 5. The lowest BCUT2D eigenvalue weighted by Gasteiger charge is -2.31. The van der Waals surface area contributed by atoms with Crippen LogP contribution in [0.1, 0.15) is 64.8 Å². The SMILES string of the molecule is CCc1nc(Cn2c(CN3CCC(c4cccc(OCc5ccc(Cl)cc5F)n4)CC3)nc3ccc(C(=O)O)cc32)no1. The van der Waals surface area contributed by atoms with E-state index < -0.39 is 11.8 Å². The van der Waals surface area contributed by atoms with E-state index in [9.17, 15) is 14.3 Å². The quantitative estimate of drug-likeness (QED) is 0.208. The molecule has 1 N–H and O–H groups in total. The summed E-state index contributed by atoms with van der Waals surface area (Å²) in [5, 5.41) is 14.0. The van der Waals surface area contributed by atoms with Crippen molar-refractivity contribution in [1.29, 1.82) is 0 Å². The molecule has 2 aromatic carbocycles. The molecule has 6 rings (SSSR count). The van der Waals surface area contributed by atoms with Gasteiger partial charge >= 0.3 is 5.97 Å². The minimum atomic E-state index is -0.994. The second kappa shape index (κ2) is 12.5. The van der Waals surface area contributed by atoms with E-state index >= 15 is 0 Å². The topological polar surface area (TPSA) is 119 Å². The minimum absolute atomic E-state index is 0.0659. The minimum Gasteiger partial charge on any atom is -0.478 e. The van der Waals surface area contributed by atoms with E-state index in [1.807, 2.05) is 23.6 Å². The van der Waals surface area contributed by atoms with Crippen LogP contribution in [0.5, 0.6) is 5.88 Å². The van der Waals surface area contributed by atoms with Crippen molar-refractivity contribution in [2.24, 2.45) is 0 Å². The average molecular weight is 605 g/mol. The van der Waals surface area contributed by atoms with Crippen molar-refractivity contribution < 1.29 is 23.6 Å². The zero-order valence-electron chi connectivity index (χ0n) is 23.5. The van der Waals surface area contributed by atoms with Gasteiger partial charge in [-0.25, -0.2) is 19.2 Å². The van der Waals surface area contributed by atoms with Crippen LogP contribution in [-0.2, 0) is 26.1 Å². The van der Waals surface area contributed by atoms with Gasteiger partial charge in [0.15, 0.2) is 5.82 Å². The van der Waals surface area contributed by atoms with Gasteiger partial charge in [0.2, 0.25) is 11.8 Å². The van der Waals surface area contributed by atoms with E-state index in [0.29, 0.717) is 58.7 Å². The van der Waals surface area contributed by atoms with Gasteiger partial charge in [0.25, 0.3) is 0 Å². The van der Waals surface area contributed by atoms with Crippen molar-refractivity contribution >= 4 is 28.6 Å². The molecule has 1 aliphatic rings. The first-order chi connectivity index (χ1) is 20.9. The van der Waals surface area contributed by atoms with Gasteiger partial charge in [-0.1, -0.05) is 35.8 Å². The van der Waals surface area contributed by atoms with Crippen LogP contribution in [0.2, 0.25) is 5.02 Å². The van der Waals surface area contributed by atoms with Crippen LogP contribution in [0.4, 0.5) is 4.39 Å². The number of halogens is 2. The predicted molar refractivity (Wildman–Crippen MR) is 157 cm³/mol. The maximum Gasteiger partial charge on any atom is 0.335 e. The Kier molecular flexibility index (Phi) is 8.35. The summed E-state index contributed by atoms with van der Waals surface area (Å²) in [7, 11) is 0. The van der Waals surface area contributed by atoms with Gasteiger partial charge in [-0.15, -0.1) is 0 Å². The highest BCUT2D eigenvalue weighted by Gasteiger charge is 2.24. The Morgan fingerprint density at radius 1 is 1.09 bits per heavy atom. The zero-order valence-corrected chi connectivity index (χ0v) is 24.3. The molecule has 0 spiro atoms. The van der Waals surface area contributed by atoms with Crippen LogP contribution in [0.25, 0.3) is 11.0 Å². The normalized spacial score (nSPS) is 14.4. The van der Waals surface area contributed by atoms with E-state index in [4.69, 9.17) is 30.8 Å². The molecule has 10 nitrogen and oxygen atoms in total.